The van der Waals surface area contributed by atoms with Gasteiger partial charge in [0.15, 0.2) is 11.4 Å². The Bertz CT molecular complexity index is 1280. The Hall–Kier alpha value is -3.66. The van der Waals surface area contributed by atoms with E-state index in [-0.39, 0.29) is 18.1 Å². The van der Waals surface area contributed by atoms with Gasteiger partial charge in [0.25, 0.3) is 0 Å². The second-order valence-electron chi connectivity index (χ2n) is 8.84. The van der Waals surface area contributed by atoms with E-state index in [4.69, 9.17) is 24.2 Å². The van der Waals surface area contributed by atoms with E-state index in [2.05, 4.69) is 10.6 Å². The Morgan fingerprint density at radius 3 is 2.63 bits per heavy atom. The van der Waals surface area contributed by atoms with E-state index in [1.807, 2.05) is 11.5 Å². The normalized spacial score (nSPS) is 17.7. The number of rotatable bonds is 7. The third kappa shape index (κ3) is 4.53. The molecule has 2 fully saturated rings. The van der Waals surface area contributed by atoms with Gasteiger partial charge in [0.2, 0.25) is 5.91 Å². The predicted octanol–water partition coefficient (Wildman–Crippen LogP) is 4.33. The molecule has 0 bridgehead atoms. The van der Waals surface area contributed by atoms with Crippen LogP contribution in [0.4, 0.5) is 17.2 Å². The highest BCUT2D eigenvalue weighted by Gasteiger charge is 2.30. The zero-order chi connectivity index (χ0) is 24.5. The van der Waals surface area contributed by atoms with Crippen LogP contribution in [0, 0.1) is 12.8 Å². The highest BCUT2D eigenvalue weighted by Crippen LogP contribution is 2.37. The molecular formula is C25H29N5O5. The third-order valence-corrected chi connectivity index (χ3v) is 6.36. The number of nitrogens with one attached hydrogen (secondary N) is 2. The fourth-order valence-corrected chi connectivity index (χ4v) is 4.45. The summed E-state index contributed by atoms with van der Waals surface area (Å²) < 4.78 is 18.5. The zero-order valence-electron chi connectivity index (χ0n) is 20.1. The summed E-state index contributed by atoms with van der Waals surface area (Å²) >= 11 is 0. The number of hydrogen-bond acceptors (Lipinski definition) is 8. The average Bonchev–Trinajstić information content (AvgIpc) is 3.67. The van der Waals surface area contributed by atoms with Gasteiger partial charge in [-0.1, -0.05) is 6.07 Å². The predicted molar refractivity (Wildman–Crippen MR) is 130 cm³/mol. The second-order valence-corrected chi connectivity index (χ2v) is 8.84. The first-order valence-electron chi connectivity index (χ1n) is 11.8. The number of aryl methyl sites for hydroxylation is 1. The maximum absolute atomic E-state index is 12.5. The fourth-order valence-electron chi connectivity index (χ4n) is 4.45. The molecule has 1 saturated heterocycles. The lowest BCUT2D eigenvalue weighted by Crippen LogP contribution is -2.20. The van der Waals surface area contributed by atoms with Gasteiger partial charge < -0.3 is 24.8 Å². The summed E-state index contributed by atoms with van der Waals surface area (Å²) in [5.41, 5.74) is 2.73. The van der Waals surface area contributed by atoms with Crippen molar-refractivity contribution >= 4 is 40.2 Å². The van der Waals surface area contributed by atoms with Crippen molar-refractivity contribution in [2.24, 2.45) is 5.92 Å². The smallest absolute Gasteiger partial charge is 0.341 e. The first-order valence-corrected chi connectivity index (χ1v) is 11.8. The van der Waals surface area contributed by atoms with Crippen LogP contribution < -0.4 is 15.4 Å². The molecule has 184 valence electrons. The maximum Gasteiger partial charge on any atom is 0.341 e. The molecule has 0 spiro atoms. The number of ether oxygens (including phenoxy) is 3. The molecule has 2 aromatic heterocycles. The quantitative estimate of drug-likeness (QED) is 0.481. The number of pyridine rings is 1. The molecule has 3 aromatic rings. The molecular weight excluding hydrogens is 450 g/mol. The van der Waals surface area contributed by atoms with E-state index in [1.165, 1.54) is 14.2 Å². The first kappa shape index (κ1) is 23.1. The summed E-state index contributed by atoms with van der Waals surface area (Å²) in [7, 11) is 2.82. The zero-order valence-corrected chi connectivity index (χ0v) is 20.1. The summed E-state index contributed by atoms with van der Waals surface area (Å²) in [5.74, 6) is 1.04. The van der Waals surface area contributed by atoms with Crippen LogP contribution in [-0.2, 0) is 14.3 Å². The molecule has 0 radical (unpaired) electrons. The number of hydrogen-bond donors (Lipinski definition) is 2. The number of aromatic nitrogens is 3. The molecule has 1 amide bonds. The van der Waals surface area contributed by atoms with Crippen molar-refractivity contribution in [3.63, 3.8) is 0 Å². The molecule has 3 heterocycles. The van der Waals surface area contributed by atoms with Crippen LogP contribution >= 0.6 is 0 Å². The lowest BCUT2D eigenvalue weighted by molar-refractivity contribution is -0.117. The average molecular weight is 480 g/mol. The lowest BCUT2D eigenvalue weighted by Gasteiger charge is -2.25. The number of carbonyl (C=O) groups excluding carboxylic acids is 2. The molecule has 2 aliphatic rings. The van der Waals surface area contributed by atoms with E-state index in [9.17, 15) is 9.59 Å². The summed E-state index contributed by atoms with van der Waals surface area (Å²) in [6.07, 6.45) is 4.57. The minimum absolute atomic E-state index is 0.0362. The minimum atomic E-state index is -0.502. The van der Waals surface area contributed by atoms with Crippen molar-refractivity contribution in [2.75, 3.05) is 31.5 Å². The SMILES string of the molecule is COC(=O)c1cccc(Nc2cc(NC(=O)C3CC3)nc3c2nc(C)n3C2CCCCO2)c1OC. The van der Waals surface area contributed by atoms with Crippen molar-refractivity contribution < 1.29 is 23.8 Å². The lowest BCUT2D eigenvalue weighted by atomic mass is 10.1. The van der Waals surface area contributed by atoms with Crippen molar-refractivity contribution in [3.05, 3.63) is 35.7 Å². The number of para-hydroxylation sites is 1. The van der Waals surface area contributed by atoms with Gasteiger partial charge in [-0.2, -0.15) is 0 Å². The highest BCUT2D eigenvalue weighted by atomic mass is 16.5. The van der Waals surface area contributed by atoms with E-state index >= 15 is 0 Å². The summed E-state index contributed by atoms with van der Waals surface area (Å²) in [6.45, 7) is 2.61. The second kappa shape index (κ2) is 9.53. The van der Waals surface area contributed by atoms with Gasteiger partial charge in [0.05, 0.1) is 25.6 Å². The molecule has 1 saturated carbocycles. The topological polar surface area (TPSA) is 117 Å². The molecule has 1 aliphatic heterocycles. The van der Waals surface area contributed by atoms with Crippen molar-refractivity contribution in [1.29, 1.82) is 0 Å². The summed E-state index contributed by atoms with van der Waals surface area (Å²) in [6, 6.07) is 6.93. The van der Waals surface area contributed by atoms with Crippen LogP contribution in [0.2, 0.25) is 0 Å². The molecule has 10 nitrogen and oxygen atoms in total. The van der Waals surface area contributed by atoms with Crippen molar-refractivity contribution in [2.45, 2.75) is 45.3 Å². The molecule has 35 heavy (non-hydrogen) atoms. The standard InChI is InChI=1S/C25H29N5O5/c1-14-26-21-18(27-17-8-6-7-16(22(17)33-2)25(32)34-3)13-19(29-24(31)15-10-11-15)28-23(21)30(14)20-9-4-5-12-35-20/h6-8,13,15,20H,4-5,9-12H2,1-3H3,(H2,27,28,29,31). The van der Waals surface area contributed by atoms with Gasteiger partial charge in [-0.25, -0.2) is 14.8 Å². The van der Waals surface area contributed by atoms with Gasteiger partial charge >= 0.3 is 5.97 Å². The van der Waals surface area contributed by atoms with E-state index < -0.39 is 5.97 Å². The van der Waals surface area contributed by atoms with Crippen molar-refractivity contribution in [3.8, 4) is 5.75 Å². The number of anilines is 3. The first-order chi connectivity index (χ1) is 17.0. The number of carbonyl (C=O) groups is 2. The molecule has 10 heteroatoms. The number of fused-ring (bicyclic) bond motifs is 1. The number of nitrogens with zero attached hydrogens (tertiary/aromatic N) is 3. The van der Waals surface area contributed by atoms with E-state index in [0.717, 1.165) is 37.9 Å². The molecule has 1 atom stereocenters. The van der Waals surface area contributed by atoms with E-state index in [0.29, 0.717) is 46.3 Å². The van der Waals surface area contributed by atoms with Gasteiger partial charge in [-0.3, -0.25) is 9.36 Å². The Morgan fingerprint density at radius 2 is 1.94 bits per heavy atom. The number of methoxy groups -OCH3 is 2. The molecule has 1 aromatic carbocycles. The van der Waals surface area contributed by atoms with Crippen LogP contribution in [0.15, 0.2) is 24.3 Å². The molecule has 5 rings (SSSR count). The Kier molecular flexibility index (Phi) is 6.29. The summed E-state index contributed by atoms with van der Waals surface area (Å²) in [5, 5.41) is 6.30. The number of esters is 1. The van der Waals surface area contributed by atoms with Crippen LogP contribution in [-0.4, -0.2) is 47.2 Å². The minimum Gasteiger partial charge on any atom is -0.494 e. The maximum atomic E-state index is 12.5. The number of imidazole rings is 1. The van der Waals surface area contributed by atoms with Crippen LogP contribution in [0.1, 0.15) is 54.5 Å². The van der Waals surface area contributed by atoms with Gasteiger partial charge in [0.1, 0.15) is 29.0 Å². The van der Waals surface area contributed by atoms with Gasteiger partial charge in [-0.15, -0.1) is 0 Å². The molecule has 1 unspecified atom stereocenters. The Labute approximate surface area is 203 Å². The van der Waals surface area contributed by atoms with Crippen LogP contribution in [0.5, 0.6) is 5.75 Å². The Morgan fingerprint density at radius 1 is 1.11 bits per heavy atom. The third-order valence-electron chi connectivity index (χ3n) is 6.36. The number of amides is 1. The monoisotopic (exact) mass is 479 g/mol. The van der Waals surface area contributed by atoms with Gasteiger partial charge in [0, 0.05) is 18.6 Å². The van der Waals surface area contributed by atoms with Crippen molar-refractivity contribution in [1.82, 2.24) is 14.5 Å². The highest BCUT2D eigenvalue weighted by molar-refractivity contribution is 5.99. The summed E-state index contributed by atoms with van der Waals surface area (Å²) in [4.78, 5) is 34.4. The molecule has 2 N–H and O–H groups in total. The van der Waals surface area contributed by atoms with E-state index in [1.54, 1.807) is 24.3 Å². The molecule has 1 aliphatic carbocycles. The fraction of sp³-hybridized carbons (Fsp3) is 0.440. The largest absolute Gasteiger partial charge is 0.494 e. The Balaban J connectivity index is 1.61. The van der Waals surface area contributed by atoms with Crippen LogP contribution in [0.3, 0.4) is 0 Å². The van der Waals surface area contributed by atoms with Crippen LogP contribution in [0.25, 0.3) is 11.2 Å². The number of benzene rings is 1. The van der Waals surface area contributed by atoms with Gasteiger partial charge in [-0.05, 0) is 51.2 Å².